The Morgan fingerprint density at radius 2 is 1.69 bits per heavy atom. The zero-order valence-electron chi connectivity index (χ0n) is 27.2. The molecule has 0 aromatic heterocycles. The molecule has 8 atom stereocenters. The lowest BCUT2D eigenvalue weighted by Gasteiger charge is -2.39. The van der Waals surface area contributed by atoms with Crippen molar-refractivity contribution in [2.75, 3.05) is 27.8 Å². The number of likely N-dealkylation sites (tertiary alicyclic amines) is 1. The van der Waals surface area contributed by atoms with E-state index in [1.54, 1.807) is 33.0 Å². The van der Waals surface area contributed by atoms with Gasteiger partial charge >= 0.3 is 0 Å². The van der Waals surface area contributed by atoms with Crippen molar-refractivity contribution in [1.82, 2.24) is 15.1 Å². The smallest absolute Gasteiger partial charge is 0.225 e. The molecule has 9 heteroatoms. The van der Waals surface area contributed by atoms with Crippen LogP contribution in [0.15, 0.2) is 30.3 Å². The summed E-state index contributed by atoms with van der Waals surface area (Å²) < 4.78 is 11.8. The fourth-order valence-corrected chi connectivity index (χ4v) is 6.19. The number of carbonyl (C=O) groups is 3. The number of methoxy groups -OCH3 is 2. The van der Waals surface area contributed by atoms with Crippen LogP contribution in [0.1, 0.15) is 85.3 Å². The molecule has 42 heavy (non-hydrogen) atoms. The molecule has 3 amide bonds. The van der Waals surface area contributed by atoms with E-state index in [2.05, 4.69) is 19.2 Å². The summed E-state index contributed by atoms with van der Waals surface area (Å²) in [5, 5.41) is 13.7. The number of nitrogens with one attached hydrogen (secondary N) is 1. The largest absolute Gasteiger partial charge is 0.386 e. The van der Waals surface area contributed by atoms with Gasteiger partial charge in [-0.15, -0.1) is 0 Å². The van der Waals surface area contributed by atoms with Crippen molar-refractivity contribution in [2.24, 2.45) is 17.8 Å². The molecule has 0 aliphatic carbocycles. The third kappa shape index (κ3) is 9.25. The van der Waals surface area contributed by atoms with E-state index in [0.29, 0.717) is 13.0 Å². The van der Waals surface area contributed by atoms with E-state index in [4.69, 9.17) is 9.47 Å². The molecule has 1 fully saturated rings. The maximum atomic E-state index is 13.8. The van der Waals surface area contributed by atoms with Gasteiger partial charge in [-0.25, -0.2) is 0 Å². The lowest BCUT2D eigenvalue weighted by Crippen LogP contribution is -2.53. The first-order valence-electron chi connectivity index (χ1n) is 15.5. The van der Waals surface area contributed by atoms with E-state index in [-0.39, 0.29) is 48.1 Å². The average Bonchev–Trinajstić information content (AvgIpc) is 3.46. The van der Waals surface area contributed by atoms with Crippen LogP contribution in [-0.4, -0.2) is 90.8 Å². The van der Waals surface area contributed by atoms with Crippen LogP contribution in [0.25, 0.3) is 0 Å². The second-order valence-electron chi connectivity index (χ2n) is 12.4. The number of amides is 3. The molecule has 0 spiro atoms. The molecule has 0 bridgehead atoms. The molecule has 0 saturated carbocycles. The van der Waals surface area contributed by atoms with Crippen LogP contribution >= 0.6 is 0 Å². The number of likely N-dealkylation sites (N-methyl/N-ethyl adjacent to an activating group) is 1. The zero-order chi connectivity index (χ0) is 31.6. The molecule has 1 saturated heterocycles. The van der Waals surface area contributed by atoms with E-state index in [9.17, 15) is 19.5 Å². The summed E-state index contributed by atoms with van der Waals surface area (Å²) in [4.78, 5) is 43.7. The van der Waals surface area contributed by atoms with Crippen molar-refractivity contribution in [3.8, 4) is 0 Å². The number of nitrogens with zero attached hydrogens (tertiary/aromatic N) is 2. The summed E-state index contributed by atoms with van der Waals surface area (Å²) in [5.74, 6) is -0.424. The van der Waals surface area contributed by atoms with Crippen LogP contribution in [0.2, 0.25) is 0 Å². The Hall–Kier alpha value is -2.49. The van der Waals surface area contributed by atoms with Gasteiger partial charge in [-0.3, -0.25) is 14.4 Å². The van der Waals surface area contributed by atoms with Crippen LogP contribution in [0.4, 0.5) is 0 Å². The SMILES string of the molecule is CC[C@@H](C)[C@H]([C@H](CC(=O)N1CCCC1[C@@H](OC)[C@H](C)C(=O)N[C@@H](C)[C@H](O)c1ccccc1)OC)N(C)C(=O)CC(C)C. The van der Waals surface area contributed by atoms with Gasteiger partial charge < -0.3 is 29.7 Å². The van der Waals surface area contributed by atoms with Crippen molar-refractivity contribution in [3.05, 3.63) is 35.9 Å². The normalized spacial score (nSPS) is 20.4. The van der Waals surface area contributed by atoms with E-state index >= 15 is 0 Å². The van der Waals surface area contributed by atoms with Crippen molar-refractivity contribution in [3.63, 3.8) is 0 Å². The number of rotatable bonds is 16. The molecule has 1 aliphatic heterocycles. The number of hydrogen-bond donors (Lipinski definition) is 2. The topological polar surface area (TPSA) is 108 Å². The molecule has 238 valence electrons. The molecule has 1 unspecified atom stereocenters. The minimum atomic E-state index is -0.845. The standard InChI is InChI=1S/C33H55N3O6/c1-10-22(4)30(35(7)28(37)19-21(2)3)27(41-8)20-29(38)36-18-14-17-26(36)32(42-9)23(5)33(40)34-24(6)31(39)25-15-12-11-13-16-25/h11-13,15-16,21-24,26-27,30-32,39H,10,14,17-20H2,1-9H3,(H,34,40)/t22-,23+,24+,26?,27+,30-,31+,32+/m1/s1. The number of carbonyl (C=O) groups excluding carboxylic acids is 3. The fraction of sp³-hybridized carbons (Fsp3) is 0.727. The Morgan fingerprint density at radius 1 is 1.05 bits per heavy atom. The quantitative estimate of drug-likeness (QED) is 0.299. The Balaban J connectivity index is 2.15. The summed E-state index contributed by atoms with van der Waals surface area (Å²) in [5.41, 5.74) is 0.730. The van der Waals surface area contributed by atoms with Crippen molar-refractivity contribution < 1.29 is 29.0 Å². The van der Waals surface area contributed by atoms with Gasteiger partial charge in [0.15, 0.2) is 0 Å². The lowest BCUT2D eigenvalue weighted by atomic mass is 9.90. The van der Waals surface area contributed by atoms with Crippen LogP contribution in [0, 0.1) is 17.8 Å². The highest BCUT2D eigenvalue weighted by molar-refractivity contribution is 5.81. The number of aliphatic hydroxyl groups is 1. The predicted octanol–water partition coefficient (Wildman–Crippen LogP) is 4.19. The third-order valence-electron chi connectivity index (χ3n) is 8.87. The minimum absolute atomic E-state index is 0.0507. The van der Waals surface area contributed by atoms with Gasteiger partial charge in [0.25, 0.3) is 0 Å². The molecule has 2 N–H and O–H groups in total. The first kappa shape index (κ1) is 35.7. The Bertz CT molecular complexity index is 989. The Kier molecular flexibility index (Phi) is 14.4. The highest BCUT2D eigenvalue weighted by Gasteiger charge is 2.42. The van der Waals surface area contributed by atoms with Crippen LogP contribution < -0.4 is 5.32 Å². The van der Waals surface area contributed by atoms with Gasteiger partial charge in [-0.2, -0.15) is 0 Å². The molecule has 9 nitrogen and oxygen atoms in total. The van der Waals surface area contributed by atoms with Gasteiger partial charge in [-0.05, 0) is 37.2 Å². The molecule has 1 aromatic rings. The lowest BCUT2D eigenvalue weighted by molar-refractivity contribution is -0.146. The van der Waals surface area contributed by atoms with Crippen molar-refractivity contribution in [1.29, 1.82) is 0 Å². The van der Waals surface area contributed by atoms with Crippen LogP contribution in [0.3, 0.4) is 0 Å². The molecule has 1 heterocycles. The summed E-state index contributed by atoms with van der Waals surface area (Å²) in [7, 11) is 4.99. The molecule has 2 rings (SSSR count). The summed E-state index contributed by atoms with van der Waals surface area (Å²) in [6.45, 7) is 12.4. The number of aliphatic hydroxyl groups excluding tert-OH is 1. The van der Waals surface area contributed by atoms with Crippen LogP contribution in [0.5, 0.6) is 0 Å². The average molecular weight is 590 g/mol. The van der Waals surface area contributed by atoms with Crippen molar-refractivity contribution in [2.45, 2.75) is 110 Å². The highest BCUT2D eigenvalue weighted by Crippen LogP contribution is 2.30. The molecule has 1 aromatic carbocycles. The van der Waals surface area contributed by atoms with Crippen molar-refractivity contribution >= 4 is 17.7 Å². The van der Waals surface area contributed by atoms with E-state index in [1.807, 2.05) is 56.1 Å². The van der Waals surface area contributed by atoms with E-state index < -0.39 is 30.3 Å². The molecular formula is C33H55N3O6. The Morgan fingerprint density at radius 3 is 2.24 bits per heavy atom. The maximum absolute atomic E-state index is 13.8. The third-order valence-corrected chi connectivity index (χ3v) is 8.87. The number of ether oxygens (including phenoxy) is 2. The van der Waals surface area contributed by atoms with E-state index in [1.165, 1.54) is 0 Å². The van der Waals surface area contributed by atoms with E-state index in [0.717, 1.165) is 24.8 Å². The predicted molar refractivity (Wildman–Crippen MR) is 165 cm³/mol. The second-order valence-corrected chi connectivity index (χ2v) is 12.4. The van der Waals surface area contributed by atoms with Gasteiger partial charge in [0.1, 0.15) is 0 Å². The van der Waals surface area contributed by atoms with Crippen LogP contribution in [-0.2, 0) is 23.9 Å². The summed E-state index contributed by atoms with van der Waals surface area (Å²) in [6, 6.07) is 8.22. The van der Waals surface area contributed by atoms with Gasteiger partial charge in [0, 0.05) is 34.2 Å². The summed E-state index contributed by atoms with van der Waals surface area (Å²) in [6.07, 6.45) is 1.15. The van der Waals surface area contributed by atoms with Gasteiger partial charge in [0.2, 0.25) is 17.7 Å². The fourth-order valence-electron chi connectivity index (χ4n) is 6.19. The first-order valence-corrected chi connectivity index (χ1v) is 15.5. The molecular weight excluding hydrogens is 534 g/mol. The maximum Gasteiger partial charge on any atom is 0.225 e. The van der Waals surface area contributed by atoms with Gasteiger partial charge in [0.05, 0.1) is 48.8 Å². The van der Waals surface area contributed by atoms with Gasteiger partial charge in [-0.1, -0.05) is 71.4 Å². The monoisotopic (exact) mass is 589 g/mol. The number of hydrogen-bond acceptors (Lipinski definition) is 6. The highest BCUT2D eigenvalue weighted by atomic mass is 16.5. The number of benzene rings is 1. The molecule has 0 radical (unpaired) electrons. The second kappa shape index (κ2) is 17.0. The summed E-state index contributed by atoms with van der Waals surface area (Å²) >= 11 is 0. The minimum Gasteiger partial charge on any atom is -0.386 e. The Labute approximate surface area is 253 Å². The molecule has 1 aliphatic rings. The zero-order valence-corrected chi connectivity index (χ0v) is 27.2. The first-order chi connectivity index (χ1) is 19.9.